The second-order valence-electron chi connectivity index (χ2n) is 15.2. The smallest absolute Gasteiger partial charge is 0.312 e. The Bertz CT molecular complexity index is 867. The molecule has 4 fully saturated rings. The highest BCUT2D eigenvalue weighted by atomic mass is 16.6. The number of esters is 3. The maximum absolute atomic E-state index is 13.8. The average Bonchev–Trinajstić information content (AvgIpc) is 2.82. The van der Waals surface area contributed by atoms with Gasteiger partial charge in [-0.1, -0.05) is 51.5 Å². The standard InChI is InChI=1S/C32H54O7.6CH4/c1-9-30(7,26(35)39-32-19-22-16-23(20-32)18-24(17-22)21-32)12-13-31(8,27(36)38-28(2,3)4)11-10-29(5,6)25(34)37-15-14-33;;;;;;/h22-24,33H,9-21H2,1-8H3;6*1H4. The summed E-state index contributed by atoms with van der Waals surface area (Å²) in [5, 5.41) is 9.03. The molecule has 7 nitrogen and oxygen atoms in total. The van der Waals surface area contributed by atoms with E-state index >= 15 is 0 Å². The molecule has 0 aromatic carbocycles. The molecule has 0 amide bonds. The van der Waals surface area contributed by atoms with Gasteiger partial charge in [-0.05, 0) is 137 Å². The van der Waals surface area contributed by atoms with Crippen molar-refractivity contribution >= 4 is 17.9 Å². The summed E-state index contributed by atoms with van der Waals surface area (Å²) < 4.78 is 17.5. The van der Waals surface area contributed by atoms with Gasteiger partial charge in [-0.15, -0.1) is 0 Å². The van der Waals surface area contributed by atoms with Crippen LogP contribution in [0.25, 0.3) is 0 Å². The highest BCUT2D eigenvalue weighted by molar-refractivity contribution is 5.79. The maximum Gasteiger partial charge on any atom is 0.312 e. The van der Waals surface area contributed by atoms with E-state index in [1.54, 1.807) is 13.8 Å². The van der Waals surface area contributed by atoms with Gasteiger partial charge in [0.2, 0.25) is 0 Å². The molecular weight excluding hydrogens is 568 g/mol. The van der Waals surface area contributed by atoms with E-state index < -0.39 is 27.8 Å². The predicted octanol–water partition coefficient (Wildman–Crippen LogP) is 10.2. The minimum absolute atomic E-state index is 0. The lowest BCUT2D eigenvalue weighted by Gasteiger charge is -2.56. The van der Waals surface area contributed by atoms with Crippen LogP contribution in [-0.2, 0) is 28.6 Å². The van der Waals surface area contributed by atoms with Crippen molar-refractivity contribution in [1.29, 1.82) is 0 Å². The molecule has 2 unspecified atom stereocenters. The summed E-state index contributed by atoms with van der Waals surface area (Å²) in [6.45, 7) is 14.7. The van der Waals surface area contributed by atoms with Crippen LogP contribution >= 0.6 is 0 Å². The average molecular weight is 647 g/mol. The van der Waals surface area contributed by atoms with E-state index in [0.717, 1.165) is 19.3 Å². The summed E-state index contributed by atoms with van der Waals surface area (Å²) >= 11 is 0. The van der Waals surface area contributed by atoms with Crippen LogP contribution in [0.2, 0.25) is 0 Å². The van der Waals surface area contributed by atoms with Crippen LogP contribution in [0.4, 0.5) is 0 Å². The van der Waals surface area contributed by atoms with E-state index in [1.165, 1.54) is 19.3 Å². The third kappa shape index (κ3) is 12.5. The van der Waals surface area contributed by atoms with Crippen molar-refractivity contribution in [3.63, 3.8) is 0 Å². The SMILES string of the molecule is C.C.C.C.C.C.CCC(C)(CCC(C)(CCC(C)(C)C(=O)OCCO)C(=O)OC(C)(C)C)C(=O)OC12CC3CC(CC(C3)C1)C2. The summed E-state index contributed by atoms with van der Waals surface area (Å²) in [4.78, 5) is 39.9. The summed E-state index contributed by atoms with van der Waals surface area (Å²) in [6, 6.07) is 0. The van der Waals surface area contributed by atoms with Crippen LogP contribution in [0.3, 0.4) is 0 Å². The summed E-state index contributed by atoms with van der Waals surface area (Å²) in [5.41, 5.74) is -3.37. The molecule has 4 saturated carbocycles. The molecule has 0 aromatic rings. The van der Waals surface area contributed by atoms with Gasteiger partial charge in [-0.3, -0.25) is 14.4 Å². The summed E-state index contributed by atoms with van der Waals surface area (Å²) in [7, 11) is 0. The van der Waals surface area contributed by atoms with Crippen LogP contribution < -0.4 is 0 Å². The van der Waals surface area contributed by atoms with Gasteiger partial charge in [-0.2, -0.15) is 0 Å². The molecule has 0 aromatic heterocycles. The zero-order chi connectivity index (χ0) is 29.3. The lowest BCUT2D eigenvalue weighted by atomic mass is 9.54. The van der Waals surface area contributed by atoms with E-state index in [9.17, 15) is 14.4 Å². The Morgan fingerprint density at radius 3 is 1.49 bits per heavy atom. The first kappa shape index (κ1) is 50.2. The van der Waals surface area contributed by atoms with E-state index in [-0.39, 0.29) is 75.3 Å². The minimum atomic E-state index is -0.890. The molecule has 4 bridgehead atoms. The molecule has 4 aliphatic carbocycles. The molecule has 0 saturated heterocycles. The zero-order valence-electron chi connectivity index (χ0n) is 25.8. The minimum Gasteiger partial charge on any atom is -0.463 e. The molecule has 7 heteroatoms. The van der Waals surface area contributed by atoms with Gasteiger partial charge in [0.1, 0.15) is 17.8 Å². The number of aliphatic hydroxyl groups excluding tert-OH is 1. The molecule has 2 atom stereocenters. The Hall–Kier alpha value is -1.63. The van der Waals surface area contributed by atoms with Gasteiger partial charge in [0, 0.05) is 0 Å². The Balaban J connectivity index is -0.00000140. The Morgan fingerprint density at radius 2 is 1.09 bits per heavy atom. The van der Waals surface area contributed by atoms with Crippen molar-refractivity contribution in [2.45, 2.75) is 182 Å². The Morgan fingerprint density at radius 1 is 0.667 bits per heavy atom. The third-order valence-corrected chi connectivity index (χ3v) is 9.86. The number of rotatable bonds is 13. The fourth-order valence-corrected chi connectivity index (χ4v) is 7.21. The van der Waals surface area contributed by atoms with Crippen molar-refractivity contribution in [2.24, 2.45) is 34.0 Å². The second kappa shape index (κ2) is 18.6. The van der Waals surface area contributed by atoms with E-state index in [1.807, 2.05) is 41.5 Å². The predicted molar refractivity (Wildman–Crippen MR) is 190 cm³/mol. The van der Waals surface area contributed by atoms with Crippen molar-refractivity contribution in [3.05, 3.63) is 0 Å². The van der Waals surface area contributed by atoms with Gasteiger partial charge >= 0.3 is 17.9 Å². The number of hydrogen-bond donors (Lipinski definition) is 1. The molecule has 4 rings (SSSR count). The van der Waals surface area contributed by atoms with Crippen LogP contribution in [0.15, 0.2) is 0 Å². The number of hydrogen-bond acceptors (Lipinski definition) is 7. The first-order chi connectivity index (χ1) is 17.9. The van der Waals surface area contributed by atoms with Gasteiger partial charge in [-0.25, -0.2) is 0 Å². The molecule has 0 aliphatic heterocycles. The third-order valence-electron chi connectivity index (χ3n) is 9.86. The van der Waals surface area contributed by atoms with Gasteiger partial charge in [0.15, 0.2) is 0 Å². The zero-order valence-corrected chi connectivity index (χ0v) is 25.8. The second-order valence-corrected chi connectivity index (χ2v) is 15.2. The van der Waals surface area contributed by atoms with Crippen molar-refractivity contribution in [1.82, 2.24) is 0 Å². The normalized spacial score (nSPS) is 25.4. The molecular formula is C38H78O7. The van der Waals surface area contributed by atoms with Crippen molar-refractivity contribution in [3.8, 4) is 0 Å². The number of carbonyl (C=O) groups excluding carboxylic acids is 3. The van der Waals surface area contributed by atoms with E-state index in [0.29, 0.717) is 49.9 Å². The topological polar surface area (TPSA) is 99.1 Å². The van der Waals surface area contributed by atoms with Crippen LogP contribution in [-0.4, -0.2) is 47.4 Å². The van der Waals surface area contributed by atoms with Gasteiger partial charge in [0.25, 0.3) is 0 Å². The van der Waals surface area contributed by atoms with Crippen molar-refractivity contribution in [2.75, 3.05) is 13.2 Å². The number of aliphatic hydroxyl groups is 1. The maximum atomic E-state index is 13.8. The summed E-state index contributed by atoms with van der Waals surface area (Å²) in [5.74, 6) is 1.23. The molecule has 272 valence electrons. The molecule has 0 heterocycles. The van der Waals surface area contributed by atoms with Crippen molar-refractivity contribution < 1.29 is 33.7 Å². The monoisotopic (exact) mass is 647 g/mol. The van der Waals surface area contributed by atoms with Crippen LogP contribution in [0, 0.1) is 34.0 Å². The first-order valence-corrected chi connectivity index (χ1v) is 15.2. The lowest BCUT2D eigenvalue weighted by Crippen LogP contribution is -2.54. The van der Waals surface area contributed by atoms with Crippen LogP contribution in [0.5, 0.6) is 0 Å². The molecule has 45 heavy (non-hydrogen) atoms. The number of carbonyl (C=O) groups is 3. The summed E-state index contributed by atoms with van der Waals surface area (Å²) in [6.07, 6.45) is 9.27. The fraction of sp³-hybridized carbons (Fsp3) is 0.921. The Labute approximate surface area is 280 Å². The highest BCUT2D eigenvalue weighted by Crippen LogP contribution is 2.57. The van der Waals surface area contributed by atoms with Gasteiger partial charge in [0.05, 0.1) is 22.9 Å². The molecule has 4 aliphatic rings. The lowest BCUT2D eigenvalue weighted by molar-refractivity contribution is -0.198. The first-order valence-electron chi connectivity index (χ1n) is 15.2. The van der Waals surface area contributed by atoms with E-state index in [4.69, 9.17) is 19.3 Å². The quantitative estimate of drug-likeness (QED) is 0.157. The molecule has 1 N–H and O–H groups in total. The van der Waals surface area contributed by atoms with Crippen LogP contribution in [0.1, 0.15) is 171 Å². The highest BCUT2D eigenvalue weighted by Gasteiger charge is 2.54. The largest absolute Gasteiger partial charge is 0.463 e. The molecule has 0 radical (unpaired) electrons. The fourth-order valence-electron chi connectivity index (χ4n) is 7.21. The molecule has 0 spiro atoms. The Kier molecular flexibility index (Phi) is 20.8. The number of ether oxygens (including phenoxy) is 3. The van der Waals surface area contributed by atoms with E-state index in [2.05, 4.69) is 0 Å². The van der Waals surface area contributed by atoms with Gasteiger partial charge < -0.3 is 19.3 Å².